The van der Waals surface area contributed by atoms with E-state index in [4.69, 9.17) is 13.9 Å². The molecule has 37 heavy (non-hydrogen) atoms. The first kappa shape index (κ1) is 28.3. The first-order valence-electron chi connectivity index (χ1n) is 12.3. The highest BCUT2D eigenvalue weighted by Gasteiger charge is 2.32. The van der Waals surface area contributed by atoms with E-state index in [0.29, 0.717) is 36.6 Å². The standard InChI is InChI=1S/C28H36N2O6S/c1-6-22(3)30(37(32,33)25-12-9-21(2)10-13-25)20-28(31)29(19-24-8-7-17-36-24)16-15-23-11-14-26(34-4)27(18-23)35-5/h7-14,17-18,22H,6,15-16,19-20H2,1-5H3/t22-/m0/s1. The highest BCUT2D eigenvalue weighted by Crippen LogP contribution is 2.28. The molecule has 9 heteroatoms. The average molecular weight is 529 g/mol. The van der Waals surface area contributed by atoms with Crippen LogP contribution in [0.4, 0.5) is 0 Å². The van der Waals surface area contributed by atoms with E-state index in [2.05, 4.69) is 0 Å². The van der Waals surface area contributed by atoms with Gasteiger partial charge in [-0.15, -0.1) is 0 Å². The van der Waals surface area contributed by atoms with Gasteiger partial charge in [0, 0.05) is 12.6 Å². The van der Waals surface area contributed by atoms with Crippen LogP contribution in [0.15, 0.2) is 70.2 Å². The first-order valence-corrected chi connectivity index (χ1v) is 13.7. The van der Waals surface area contributed by atoms with Crippen LogP contribution >= 0.6 is 0 Å². The minimum Gasteiger partial charge on any atom is -0.493 e. The highest BCUT2D eigenvalue weighted by atomic mass is 32.2. The van der Waals surface area contributed by atoms with Gasteiger partial charge in [-0.1, -0.05) is 30.7 Å². The molecular formula is C28H36N2O6S. The van der Waals surface area contributed by atoms with Crippen molar-refractivity contribution >= 4 is 15.9 Å². The molecule has 0 saturated carbocycles. The largest absolute Gasteiger partial charge is 0.493 e. The van der Waals surface area contributed by atoms with Crippen molar-refractivity contribution in [1.29, 1.82) is 0 Å². The molecule has 0 unspecified atom stereocenters. The Labute approximate surface area is 219 Å². The zero-order valence-corrected chi connectivity index (χ0v) is 23.0. The number of methoxy groups -OCH3 is 2. The maximum absolute atomic E-state index is 13.6. The van der Waals surface area contributed by atoms with Crippen LogP contribution in [0.2, 0.25) is 0 Å². The predicted molar refractivity (Wildman–Crippen MR) is 142 cm³/mol. The number of hydrogen-bond donors (Lipinski definition) is 0. The van der Waals surface area contributed by atoms with Gasteiger partial charge in [-0.2, -0.15) is 4.31 Å². The number of nitrogens with zero attached hydrogens (tertiary/aromatic N) is 2. The first-order chi connectivity index (χ1) is 17.7. The van der Waals surface area contributed by atoms with Crippen LogP contribution in [0.25, 0.3) is 0 Å². The lowest BCUT2D eigenvalue weighted by molar-refractivity contribution is -0.132. The van der Waals surface area contributed by atoms with Gasteiger partial charge in [0.05, 0.1) is 38.5 Å². The van der Waals surface area contributed by atoms with Gasteiger partial charge in [-0.3, -0.25) is 4.79 Å². The maximum atomic E-state index is 13.6. The molecule has 1 aromatic heterocycles. The topological polar surface area (TPSA) is 89.3 Å². The Hall–Kier alpha value is -3.30. The van der Waals surface area contributed by atoms with E-state index in [1.54, 1.807) is 61.8 Å². The van der Waals surface area contributed by atoms with E-state index in [9.17, 15) is 13.2 Å². The minimum atomic E-state index is -3.87. The molecule has 0 spiro atoms. The number of carbonyl (C=O) groups excluding carboxylic acids is 1. The van der Waals surface area contributed by atoms with Gasteiger partial charge in [0.1, 0.15) is 5.76 Å². The molecule has 0 fully saturated rings. The SMILES string of the molecule is CC[C@H](C)N(CC(=O)N(CCc1ccc(OC)c(OC)c1)Cc1ccco1)S(=O)(=O)c1ccc(C)cc1. The Morgan fingerprint density at radius 3 is 2.32 bits per heavy atom. The van der Waals surface area contributed by atoms with E-state index in [1.165, 1.54) is 4.31 Å². The summed E-state index contributed by atoms with van der Waals surface area (Å²) >= 11 is 0. The summed E-state index contributed by atoms with van der Waals surface area (Å²) in [7, 11) is -0.718. The molecule has 0 radical (unpaired) electrons. The summed E-state index contributed by atoms with van der Waals surface area (Å²) in [6, 6.07) is 15.5. The summed E-state index contributed by atoms with van der Waals surface area (Å²) < 4.78 is 44.6. The van der Waals surface area contributed by atoms with Crippen LogP contribution in [0.3, 0.4) is 0 Å². The fraction of sp³-hybridized carbons (Fsp3) is 0.393. The van der Waals surface area contributed by atoms with Crippen molar-refractivity contribution in [3.8, 4) is 11.5 Å². The lowest BCUT2D eigenvalue weighted by Crippen LogP contribution is -2.46. The number of rotatable bonds is 13. The Kier molecular flexibility index (Phi) is 9.77. The minimum absolute atomic E-state index is 0.175. The molecule has 0 aliphatic carbocycles. The second-order valence-corrected chi connectivity index (χ2v) is 10.8. The molecular weight excluding hydrogens is 492 g/mol. The van der Waals surface area contributed by atoms with Gasteiger partial charge in [-0.05, 0) is 68.7 Å². The quantitative estimate of drug-likeness (QED) is 0.320. The van der Waals surface area contributed by atoms with Crippen LogP contribution in [0.5, 0.6) is 11.5 Å². The van der Waals surface area contributed by atoms with Gasteiger partial charge in [0.15, 0.2) is 11.5 Å². The van der Waals surface area contributed by atoms with Gasteiger partial charge in [-0.25, -0.2) is 8.42 Å². The number of aryl methyl sites for hydroxylation is 1. The molecule has 0 saturated heterocycles. The van der Waals surface area contributed by atoms with Crippen molar-refractivity contribution in [2.75, 3.05) is 27.3 Å². The predicted octanol–water partition coefficient (Wildman–Crippen LogP) is 4.67. The Morgan fingerprint density at radius 2 is 1.73 bits per heavy atom. The molecule has 3 rings (SSSR count). The van der Waals surface area contributed by atoms with Crippen LogP contribution in [-0.4, -0.2) is 56.9 Å². The number of hydrogen-bond acceptors (Lipinski definition) is 6. The van der Waals surface area contributed by atoms with E-state index in [1.807, 2.05) is 39.0 Å². The number of furan rings is 1. The summed E-state index contributed by atoms with van der Waals surface area (Å²) in [5, 5.41) is 0. The molecule has 1 atom stereocenters. The van der Waals surface area contributed by atoms with Crippen molar-refractivity contribution in [3.63, 3.8) is 0 Å². The molecule has 0 aliphatic heterocycles. The summed E-state index contributed by atoms with van der Waals surface area (Å²) in [6.07, 6.45) is 2.67. The lowest BCUT2D eigenvalue weighted by atomic mass is 10.1. The van der Waals surface area contributed by atoms with E-state index in [-0.39, 0.29) is 29.9 Å². The van der Waals surface area contributed by atoms with Crippen molar-refractivity contribution < 1.29 is 27.1 Å². The number of carbonyl (C=O) groups is 1. The van der Waals surface area contributed by atoms with Gasteiger partial charge < -0.3 is 18.8 Å². The third kappa shape index (κ3) is 7.14. The molecule has 0 aliphatic rings. The molecule has 0 bridgehead atoms. The van der Waals surface area contributed by atoms with Crippen molar-refractivity contribution in [2.45, 2.75) is 51.1 Å². The van der Waals surface area contributed by atoms with E-state index >= 15 is 0 Å². The van der Waals surface area contributed by atoms with Crippen molar-refractivity contribution in [2.24, 2.45) is 0 Å². The highest BCUT2D eigenvalue weighted by molar-refractivity contribution is 7.89. The molecule has 8 nitrogen and oxygen atoms in total. The maximum Gasteiger partial charge on any atom is 0.243 e. The molecule has 200 valence electrons. The third-order valence-corrected chi connectivity index (χ3v) is 8.37. The van der Waals surface area contributed by atoms with E-state index in [0.717, 1.165) is 11.1 Å². The number of sulfonamides is 1. The Balaban J connectivity index is 1.84. The van der Waals surface area contributed by atoms with Crippen LogP contribution < -0.4 is 9.47 Å². The smallest absolute Gasteiger partial charge is 0.243 e. The third-order valence-electron chi connectivity index (χ3n) is 6.40. The van der Waals surface area contributed by atoms with Crippen molar-refractivity contribution in [1.82, 2.24) is 9.21 Å². The second-order valence-electron chi connectivity index (χ2n) is 8.95. The number of ether oxygens (including phenoxy) is 2. The summed E-state index contributed by atoms with van der Waals surface area (Å²) in [5.74, 6) is 1.56. The Bertz CT molecular complexity index is 1260. The lowest BCUT2D eigenvalue weighted by Gasteiger charge is -2.30. The number of benzene rings is 2. The average Bonchev–Trinajstić information content (AvgIpc) is 3.42. The summed E-state index contributed by atoms with van der Waals surface area (Å²) in [5.41, 5.74) is 1.92. The van der Waals surface area contributed by atoms with Crippen LogP contribution in [0, 0.1) is 6.92 Å². The van der Waals surface area contributed by atoms with Gasteiger partial charge >= 0.3 is 0 Å². The van der Waals surface area contributed by atoms with Gasteiger partial charge in [0.25, 0.3) is 0 Å². The molecule has 3 aromatic rings. The monoisotopic (exact) mass is 528 g/mol. The Morgan fingerprint density at radius 1 is 1.03 bits per heavy atom. The van der Waals surface area contributed by atoms with E-state index < -0.39 is 10.0 Å². The van der Waals surface area contributed by atoms with Crippen LogP contribution in [-0.2, 0) is 27.8 Å². The fourth-order valence-corrected chi connectivity index (χ4v) is 5.60. The normalized spacial score (nSPS) is 12.4. The van der Waals surface area contributed by atoms with Crippen molar-refractivity contribution in [3.05, 3.63) is 77.7 Å². The van der Waals surface area contributed by atoms with Crippen LogP contribution in [0.1, 0.15) is 37.2 Å². The number of amides is 1. The molecule has 1 heterocycles. The molecule has 0 N–H and O–H groups in total. The zero-order valence-electron chi connectivity index (χ0n) is 22.1. The zero-order chi connectivity index (χ0) is 27.0. The fourth-order valence-electron chi connectivity index (χ4n) is 3.94. The second kappa shape index (κ2) is 12.8. The van der Waals surface area contributed by atoms with Gasteiger partial charge in [0.2, 0.25) is 15.9 Å². The summed E-state index contributed by atoms with van der Waals surface area (Å²) in [4.78, 5) is 15.4. The molecule has 2 aromatic carbocycles. The molecule has 1 amide bonds. The summed E-state index contributed by atoms with van der Waals surface area (Å²) in [6.45, 7) is 5.96.